The van der Waals surface area contributed by atoms with Crippen LogP contribution in [0.2, 0.25) is 0 Å². The van der Waals surface area contributed by atoms with Gasteiger partial charge in [-0.3, -0.25) is 4.98 Å². The van der Waals surface area contributed by atoms with Crippen molar-refractivity contribution >= 4 is 10.9 Å². The van der Waals surface area contributed by atoms with Crippen molar-refractivity contribution in [2.45, 2.75) is 34.2 Å². The third-order valence-corrected chi connectivity index (χ3v) is 3.38. The van der Waals surface area contributed by atoms with E-state index in [-0.39, 0.29) is 0 Å². The lowest BCUT2D eigenvalue weighted by atomic mass is 10.0. The second-order valence-electron chi connectivity index (χ2n) is 5.55. The molecule has 19 heavy (non-hydrogen) atoms. The summed E-state index contributed by atoms with van der Waals surface area (Å²) in [6.07, 6.45) is 1.82. The lowest BCUT2D eigenvalue weighted by Gasteiger charge is -2.05. The van der Waals surface area contributed by atoms with Crippen molar-refractivity contribution in [3.63, 3.8) is 0 Å². The summed E-state index contributed by atoms with van der Waals surface area (Å²) >= 11 is 0. The van der Waals surface area contributed by atoms with Gasteiger partial charge >= 0.3 is 0 Å². The van der Waals surface area contributed by atoms with E-state index in [1.165, 1.54) is 10.9 Å². The molecule has 2 aromatic rings. The Kier molecular flexibility index (Phi) is 6.51. The summed E-state index contributed by atoms with van der Waals surface area (Å²) in [5.41, 5.74) is 2.35. The molecule has 104 valence electrons. The van der Waals surface area contributed by atoms with Gasteiger partial charge < -0.3 is 5.32 Å². The minimum Gasteiger partial charge on any atom is -0.316 e. The van der Waals surface area contributed by atoms with Crippen LogP contribution in [-0.4, -0.2) is 12.0 Å². The lowest BCUT2D eigenvalue weighted by Crippen LogP contribution is -2.04. The third-order valence-electron chi connectivity index (χ3n) is 3.38. The largest absolute Gasteiger partial charge is 0.316 e. The van der Waals surface area contributed by atoms with E-state index in [4.69, 9.17) is 0 Å². The first-order valence-corrected chi connectivity index (χ1v) is 7.03. The molecule has 2 heteroatoms. The molecule has 0 unspecified atom stereocenters. The number of fused-ring (bicyclic) bond motifs is 1. The molecule has 2 nitrogen and oxygen atoms in total. The molecule has 0 saturated heterocycles. The van der Waals surface area contributed by atoms with Crippen molar-refractivity contribution in [2.24, 2.45) is 11.8 Å². The number of nitrogens with one attached hydrogen (secondary N) is 1. The van der Waals surface area contributed by atoms with E-state index in [9.17, 15) is 0 Å². The highest BCUT2D eigenvalue weighted by molar-refractivity contribution is 5.78. The Bertz CT molecular complexity index is 483. The van der Waals surface area contributed by atoms with Gasteiger partial charge in [0.05, 0.1) is 5.52 Å². The SMILES string of the molecule is CC(C)C(C)C.CNCc1ccc2ncccc2c1. The number of hydrogen-bond donors (Lipinski definition) is 1. The molecule has 0 aliphatic heterocycles. The molecule has 1 heterocycles. The summed E-state index contributed by atoms with van der Waals surface area (Å²) in [7, 11) is 1.95. The van der Waals surface area contributed by atoms with Gasteiger partial charge in [0.15, 0.2) is 0 Å². The van der Waals surface area contributed by atoms with Crippen molar-refractivity contribution in [3.05, 3.63) is 42.1 Å². The number of aromatic nitrogens is 1. The van der Waals surface area contributed by atoms with Gasteiger partial charge in [0.2, 0.25) is 0 Å². The van der Waals surface area contributed by atoms with Crippen LogP contribution < -0.4 is 5.32 Å². The van der Waals surface area contributed by atoms with Crippen molar-refractivity contribution < 1.29 is 0 Å². The van der Waals surface area contributed by atoms with Crippen LogP contribution in [-0.2, 0) is 6.54 Å². The van der Waals surface area contributed by atoms with Crippen LogP contribution in [0.3, 0.4) is 0 Å². The van der Waals surface area contributed by atoms with Gasteiger partial charge in [-0.2, -0.15) is 0 Å². The smallest absolute Gasteiger partial charge is 0.0702 e. The monoisotopic (exact) mass is 258 g/mol. The second kappa shape index (κ2) is 7.90. The van der Waals surface area contributed by atoms with Crippen LogP contribution in [0, 0.1) is 11.8 Å². The van der Waals surface area contributed by atoms with E-state index in [0.29, 0.717) is 0 Å². The number of benzene rings is 1. The molecular weight excluding hydrogens is 232 g/mol. The Morgan fingerprint density at radius 3 is 2.32 bits per heavy atom. The van der Waals surface area contributed by atoms with Crippen molar-refractivity contribution in [1.29, 1.82) is 0 Å². The Hall–Kier alpha value is -1.41. The summed E-state index contributed by atoms with van der Waals surface area (Å²) in [5, 5.41) is 4.33. The van der Waals surface area contributed by atoms with Crippen LogP contribution >= 0.6 is 0 Å². The van der Waals surface area contributed by atoms with Gasteiger partial charge in [0.1, 0.15) is 0 Å². The molecule has 0 radical (unpaired) electrons. The van der Waals surface area contributed by atoms with Crippen LogP contribution in [0.1, 0.15) is 33.3 Å². The number of pyridine rings is 1. The summed E-state index contributed by atoms with van der Waals surface area (Å²) in [6.45, 7) is 9.87. The fraction of sp³-hybridized carbons (Fsp3) is 0.471. The molecule has 1 aromatic carbocycles. The second-order valence-corrected chi connectivity index (χ2v) is 5.55. The maximum Gasteiger partial charge on any atom is 0.0702 e. The zero-order valence-corrected chi connectivity index (χ0v) is 12.8. The first-order valence-electron chi connectivity index (χ1n) is 7.03. The predicted molar refractivity (Wildman–Crippen MR) is 84.2 cm³/mol. The summed E-state index contributed by atoms with van der Waals surface area (Å²) < 4.78 is 0. The molecule has 0 saturated carbocycles. The normalized spacial score (nSPS) is 10.7. The molecule has 0 bridgehead atoms. The van der Waals surface area contributed by atoms with Crippen molar-refractivity contribution in [2.75, 3.05) is 7.05 Å². The Morgan fingerprint density at radius 2 is 1.74 bits per heavy atom. The molecule has 0 atom stereocenters. The van der Waals surface area contributed by atoms with Gasteiger partial charge in [-0.25, -0.2) is 0 Å². The Labute approximate surface area is 117 Å². The molecule has 0 aliphatic carbocycles. The highest BCUT2D eigenvalue weighted by atomic mass is 14.8. The van der Waals surface area contributed by atoms with Gasteiger partial charge in [-0.05, 0) is 42.6 Å². The summed E-state index contributed by atoms with van der Waals surface area (Å²) in [6, 6.07) is 10.4. The minimum atomic E-state index is 0.852. The van der Waals surface area contributed by atoms with E-state index in [1.54, 1.807) is 0 Å². The molecule has 0 aliphatic rings. The van der Waals surface area contributed by atoms with Gasteiger partial charge in [-0.15, -0.1) is 0 Å². The lowest BCUT2D eigenvalue weighted by molar-refractivity contribution is 0.457. The molecule has 2 rings (SSSR count). The van der Waals surface area contributed by atoms with Crippen LogP contribution in [0.4, 0.5) is 0 Å². The number of hydrogen-bond acceptors (Lipinski definition) is 2. The topological polar surface area (TPSA) is 24.9 Å². The average molecular weight is 258 g/mol. The molecule has 1 N–H and O–H groups in total. The highest BCUT2D eigenvalue weighted by Crippen LogP contribution is 2.12. The van der Waals surface area contributed by atoms with E-state index in [1.807, 2.05) is 19.3 Å². The van der Waals surface area contributed by atoms with E-state index < -0.39 is 0 Å². The fourth-order valence-electron chi connectivity index (χ4n) is 1.44. The summed E-state index contributed by atoms with van der Waals surface area (Å²) in [4.78, 5) is 4.26. The molecule has 0 spiro atoms. The zero-order chi connectivity index (χ0) is 14.3. The highest BCUT2D eigenvalue weighted by Gasteiger charge is 1.96. The quantitative estimate of drug-likeness (QED) is 0.890. The minimum absolute atomic E-state index is 0.852. The van der Waals surface area contributed by atoms with Crippen LogP contribution in [0.5, 0.6) is 0 Å². The van der Waals surface area contributed by atoms with Gasteiger partial charge in [0.25, 0.3) is 0 Å². The summed E-state index contributed by atoms with van der Waals surface area (Å²) in [5.74, 6) is 1.70. The molecule has 0 amide bonds. The first kappa shape index (κ1) is 15.6. The van der Waals surface area contributed by atoms with Crippen LogP contribution in [0.15, 0.2) is 36.5 Å². The van der Waals surface area contributed by atoms with E-state index in [0.717, 1.165) is 23.9 Å². The maximum atomic E-state index is 4.26. The predicted octanol–water partition coefficient (Wildman–Crippen LogP) is 4.25. The standard InChI is InChI=1S/C11H12N2.C6H14/c1-12-8-9-4-5-11-10(7-9)3-2-6-13-11;1-5(2)6(3)4/h2-7,12H,8H2,1H3;5-6H,1-4H3. The van der Waals surface area contributed by atoms with Crippen LogP contribution in [0.25, 0.3) is 10.9 Å². The fourth-order valence-corrected chi connectivity index (χ4v) is 1.44. The molecular formula is C17H26N2. The Balaban J connectivity index is 0.000000258. The van der Waals surface area contributed by atoms with Gasteiger partial charge in [-0.1, -0.05) is 39.8 Å². The number of rotatable bonds is 3. The zero-order valence-electron chi connectivity index (χ0n) is 12.8. The van der Waals surface area contributed by atoms with E-state index in [2.05, 4.69) is 62.3 Å². The molecule has 0 fully saturated rings. The number of nitrogens with zero attached hydrogens (tertiary/aromatic N) is 1. The third kappa shape index (κ3) is 5.39. The Morgan fingerprint density at radius 1 is 1.05 bits per heavy atom. The maximum absolute atomic E-state index is 4.26. The first-order chi connectivity index (χ1) is 9.04. The van der Waals surface area contributed by atoms with E-state index >= 15 is 0 Å². The molecule has 1 aromatic heterocycles. The van der Waals surface area contributed by atoms with Gasteiger partial charge in [0, 0.05) is 18.1 Å². The average Bonchev–Trinajstić information content (AvgIpc) is 2.39. The van der Waals surface area contributed by atoms with Crippen molar-refractivity contribution in [3.8, 4) is 0 Å². The van der Waals surface area contributed by atoms with Crippen molar-refractivity contribution in [1.82, 2.24) is 10.3 Å².